The molecule has 0 atom stereocenters. The highest BCUT2D eigenvalue weighted by Crippen LogP contribution is 2.17. The molecule has 2 rings (SSSR count). The van der Waals surface area contributed by atoms with E-state index in [1.807, 2.05) is 20.8 Å². The monoisotopic (exact) mass is 338 g/mol. The fourth-order valence-corrected chi connectivity index (χ4v) is 3.02. The van der Waals surface area contributed by atoms with Crippen LogP contribution in [0, 0.1) is 0 Å². The van der Waals surface area contributed by atoms with Gasteiger partial charge >= 0.3 is 0 Å². The molecule has 1 amide bonds. The Morgan fingerprint density at radius 1 is 1.05 bits per heavy atom. The number of hydrogen-bond donors (Lipinski definition) is 1. The minimum absolute atomic E-state index is 0.148. The molecule has 118 valence electrons. The average Bonchev–Trinajstić information content (AvgIpc) is 3.00. The molecule has 9 heteroatoms. The van der Waals surface area contributed by atoms with Crippen molar-refractivity contribution in [1.29, 1.82) is 0 Å². The van der Waals surface area contributed by atoms with Crippen molar-refractivity contribution < 1.29 is 4.79 Å². The van der Waals surface area contributed by atoms with E-state index in [4.69, 9.17) is 0 Å². The van der Waals surface area contributed by atoms with E-state index in [2.05, 4.69) is 30.7 Å². The van der Waals surface area contributed by atoms with Gasteiger partial charge in [0.25, 0.3) is 0 Å². The molecule has 0 aliphatic carbocycles. The van der Waals surface area contributed by atoms with E-state index in [0.717, 1.165) is 35.7 Å². The van der Waals surface area contributed by atoms with Crippen molar-refractivity contribution in [2.75, 3.05) is 11.1 Å². The second kappa shape index (κ2) is 8.14. The molecule has 0 unspecified atom stereocenters. The third-order valence-corrected chi connectivity index (χ3v) is 4.66. The van der Waals surface area contributed by atoms with Gasteiger partial charge in [0, 0.05) is 0 Å². The van der Waals surface area contributed by atoms with Gasteiger partial charge in [-0.2, -0.15) is 5.10 Å². The predicted molar refractivity (Wildman–Crippen MR) is 87.2 cm³/mol. The van der Waals surface area contributed by atoms with Crippen LogP contribution in [0.4, 0.5) is 5.13 Å². The Kier molecular flexibility index (Phi) is 6.20. The zero-order valence-corrected chi connectivity index (χ0v) is 14.4. The molecule has 22 heavy (non-hydrogen) atoms. The normalized spacial score (nSPS) is 10.7. The molecule has 0 saturated carbocycles. The van der Waals surface area contributed by atoms with Crippen LogP contribution in [0.3, 0.4) is 0 Å². The molecule has 0 aromatic carbocycles. The summed E-state index contributed by atoms with van der Waals surface area (Å²) in [5.74, 6) is 0.0715. The molecule has 2 aromatic heterocycles. The number of aromatic nitrogens is 5. The lowest BCUT2D eigenvalue weighted by Crippen LogP contribution is -2.14. The van der Waals surface area contributed by atoms with Crippen LogP contribution >= 0.6 is 23.1 Å². The van der Waals surface area contributed by atoms with Crippen molar-refractivity contribution in [3.63, 3.8) is 0 Å². The maximum absolute atomic E-state index is 11.9. The number of anilines is 1. The summed E-state index contributed by atoms with van der Waals surface area (Å²) < 4.78 is 0. The number of thioether (sulfide) groups is 1. The summed E-state index contributed by atoms with van der Waals surface area (Å²) >= 11 is 2.66. The van der Waals surface area contributed by atoms with Crippen molar-refractivity contribution in [3.8, 4) is 0 Å². The number of nitrogens with one attached hydrogen (secondary N) is 1. The molecule has 0 bridgehead atoms. The van der Waals surface area contributed by atoms with Gasteiger partial charge in [0.15, 0.2) is 0 Å². The highest BCUT2D eigenvalue weighted by Gasteiger charge is 2.11. The van der Waals surface area contributed by atoms with Crippen LogP contribution in [0.25, 0.3) is 0 Å². The van der Waals surface area contributed by atoms with Crippen molar-refractivity contribution in [1.82, 2.24) is 25.4 Å². The summed E-state index contributed by atoms with van der Waals surface area (Å²) in [5.41, 5.74) is 1.86. The van der Waals surface area contributed by atoms with Crippen molar-refractivity contribution >= 4 is 34.1 Å². The van der Waals surface area contributed by atoms with Crippen LogP contribution in [0.2, 0.25) is 0 Å². The van der Waals surface area contributed by atoms with E-state index in [-0.39, 0.29) is 11.7 Å². The lowest BCUT2D eigenvalue weighted by atomic mass is 10.2. The van der Waals surface area contributed by atoms with Gasteiger partial charge in [-0.05, 0) is 19.3 Å². The molecule has 7 nitrogen and oxygen atoms in total. The van der Waals surface area contributed by atoms with Gasteiger partial charge in [0.05, 0.1) is 17.1 Å². The molecule has 2 aromatic rings. The highest BCUT2D eigenvalue weighted by atomic mass is 32.2. The lowest BCUT2D eigenvalue weighted by molar-refractivity contribution is -0.113. The summed E-state index contributed by atoms with van der Waals surface area (Å²) in [6, 6.07) is 0. The number of amides is 1. The first kappa shape index (κ1) is 16.8. The van der Waals surface area contributed by atoms with Gasteiger partial charge in [0.1, 0.15) is 5.01 Å². The van der Waals surface area contributed by atoms with Crippen molar-refractivity contribution in [2.45, 2.75) is 45.2 Å². The van der Waals surface area contributed by atoms with E-state index in [1.54, 1.807) is 0 Å². The third-order valence-electron chi connectivity index (χ3n) is 2.84. The summed E-state index contributed by atoms with van der Waals surface area (Å²) in [4.78, 5) is 16.3. The molecule has 0 saturated heterocycles. The van der Waals surface area contributed by atoms with Gasteiger partial charge < -0.3 is 0 Å². The highest BCUT2D eigenvalue weighted by molar-refractivity contribution is 7.99. The Morgan fingerprint density at radius 2 is 1.82 bits per heavy atom. The minimum Gasteiger partial charge on any atom is -0.300 e. The standard InChI is InChI=1S/C13H18N6OS2/c1-4-8-9(5-2)16-18-12(14-8)21-7-10(20)15-13-19-17-11(6-3)22-13/h4-7H2,1-3H3,(H,15,19,20). The quantitative estimate of drug-likeness (QED) is 0.773. The van der Waals surface area contributed by atoms with Crippen LogP contribution in [0.15, 0.2) is 5.16 Å². The summed E-state index contributed by atoms with van der Waals surface area (Å²) in [6.07, 6.45) is 2.43. The van der Waals surface area contributed by atoms with E-state index in [1.165, 1.54) is 23.1 Å². The van der Waals surface area contributed by atoms with Gasteiger partial charge in [-0.3, -0.25) is 10.1 Å². The minimum atomic E-state index is -0.148. The van der Waals surface area contributed by atoms with Gasteiger partial charge in [-0.15, -0.1) is 15.3 Å². The van der Waals surface area contributed by atoms with Gasteiger partial charge in [-0.1, -0.05) is 43.9 Å². The maximum Gasteiger partial charge on any atom is 0.236 e. The number of carbonyl (C=O) groups excluding carboxylic acids is 1. The third kappa shape index (κ3) is 4.44. The summed E-state index contributed by atoms with van der Waals surface area (Å²) in [7, 11) is 0. The van der Waals surface area contributed by atoms with E-state index in [0.29, 0.717) is 10.3 Å². The molecular formula is C13H18N6OS2. The first-order chi connectivity index (χ1) is 10.7. The Hall–Kier alpha value is -1.61. The maximum atomic E-state index is 11.9. The SMILES string of the molecule is CCc1nnc(NC(=O)CSc2nnc(CC)c(CC)n2)s1. The smallest absolute Gasteiger partial charge is 0.236 e. The second-order valence-corrected chi connectivity index (χ2v) is 6.39. The van der Waals surface area contributed by atoms with Crippen LogP contribution in [0.5, 0.6) is 0 Å². The molecule has 0 spiro atoms. The zero-order valence-electron chi connectivity index (χ0n) is 12.8. The summed E-state index contributed by atoms with van der Waals surface area (Å²) in [5, 5.41) is 20.8. The van der Waals surface area contributed by atoms with Crippen molar-refractivity contribution in [2.24, 2.45) is 0 Å². The topological polar surface area (TPSA) is 93.6 Å². The van der Waals surface area contributed by atoms with Crippen LogP contribution in [0.1, 0.15) is 37.2 Å². The molecular weight excluding hydrogens is 320 g/mol. The van der Waals surface area contributed by atoms with Crippen molar-refractivity contribution in [3.05, 3.63) is 16.4 Å². The lowest BCUT2D eigenvalue weighted by Gasteiger charge is -2.05. The van der Waals surface area contributed by atoms with E-state index >= 15 is 0 Å². The Morgan fingerprint density at radius 3 is 2.45 bits per heavy atom. The second-order valence-electron chi connectivity index (χ2n) is 4.39. The average molecular weight is 338 g/mol. The largest absolute Gasteiger partial charge is 0.300 e. The fraction of sp³-hybridized carbons (Fsp3) is 0.538. The number of hydrogen-bond acceptors (Lipinski definition) is 8. The summed E-state index contributed by atoms with van der Waals surface area (Å²) in [6.45, 7) is 6.06. The molecule has 0 aliphatic rings. The molecule has 0 radical (unpaired) electrons. The molecule has 0 fully saturated rings. The van der Waals surface area contributed by atoms with Crippen LogP contribution in [-0.4, -0.2) is 37.0 Å². The van der Waals surface area contributed by atoms with E-state index < -0.39 is 0 Å². The van der Waals surface area contributed by atoms with E-state index in [9.17, 15) is 4.79 Å². The predicted octanol–water partition coefficient (Wildman–Crippen LogP) is 2.14. The first-order valence-corrected chi connectivity index (χ1v) is 8.93. The fourth-order valence-electron chi connectivity index (χ4n) is 1.71. The number of rotatable bonds is 7. The Bertz CT molecular complexity index is 645. The number of carbonyl (C=O) groups is 1. The Balaban J connectivity index is 1.90. The van der Waals surface area contributed by atoms with Crippen LogP contribution in [-0.2, 0) is 24.1 Å². The first-order valence-electron chi connectivity index (χ1n) is 7.13. The Labute approximate surface area is 137 Å². The van der Waals surface area contributed by atoms with Gasteiger partial charge in [-0.25, -0.2) is 4.98 Å². The van der Waals surface area contributed by atoms with Crippen LogP contribution < -0.4 is 5.32 Å². The molecule has 2 heterocycles. The number of nitrogens with zero attached hydrogens (tertiary/aromatic N) is 5. The number of aryl methyl sites for hydroxylation is 3. The van der Waals surface area contributed by atoms with Gasteiger partial charge in [0.2, 0.25) is 16.2 Å². The zero-order chi connectivity index (χ0) is 15.9. The molecule has 1 N–H and O–H groups in total. The molecule has 0 aliphatic heterocycles.